The van der Waals surface area contributed by atoms with Crippen LogP contribution in [0.1, 0.15) is 27.0 Å². The van der Waals surface area contributed by atoms with Gasteiger partial charge >= 0.3 is 0 Å². The van der Waals surface area contributed by atoms with Crippen LogP contribution in [0.3, 0.4) is 0 Å². The standard InChI is InChI=1S/C13H11NO2S/c1-9(13(16)11-5-3-7-17-11)12(15)10-4-2-6-14-8-10/h2-9H,1H3. The highest BCUT2D eigenvalue weighted by Gasteiger charge is 2.24. The Kier molecular flexibility index (Phi) is 3.44. The molecular formula is C13H11NO2S. The summed E-state index contributed by atoms with van der Waals surface area (Å²) < 4.78 is 0. The molecule has 0 bridgehead atoms. The zero-order chi connectivity index (χ0) is 12.3. The number of rotatable bonds is 4. The first-order valence-electron chi connectivity index (χ1n) is 5.22. The minimum Gasteiger partial charge on any atom is -0.293 e. The molecule has 0 spiro atoms. The van der Waals surface area contributed by atoms with Crippen LogP contribution in [0.15, 0.2) is 42.0 Å². The molecule has 0 aliphatic carbocycles. The van der Waals surface area contributed by atoms with Gasteiger partial charge in [-0.25, -0.2) is 0 Å². The molecule has 0 fully saturated rings. The maximum atomic E-state index is 12.0. The molecule has 0 aromatic carbocycles. The van der Waals surface area contributed by atoms with E-state index in [-0.39, 0.29) is 11.6 Å². The summed E-state index contributed by atoms with van der Waals surface area (Å²) in [7, 11) is 0. The van der Waals surface area contributed by atoms with E-state index in [1.54, 1.807) is 37.4 Å². The van der Waals surface area contributed by atoms with Crippen LogP contribution in [-0.4, -0.2) is 16.6 Å². The molecule has 0 aliphatic heterocycles. The molecule has 0 aliphatic rings. The van der Waals surface area contributed by atoms with Crippen molar-refractivity contribution in [3.05, 3.63) is 52.5 Å². The second-order valence-corrected chi connectivity index (χ2v) is 4.62. The van der Waals surface area contributed by atoms with Crippen LogP contribution >= 0.6 is 11.3 Å². The van der Waals surface area contributed by atoms with Crippen molar-refractivity contribution in [1.29, 1.82) is 0 Å². The number of nitrogens with zero attached hydrogens (tertiary/aromatic N) is 1. The molecule has 3 nitrogen and oxygen atoms in total. The molecule has 1 unspecified atom stereocenters. The molecule has 4 heteroatoms. The lowest BCUT2D eigenvalue weighted by atomic mass is 9.96. The quantitative estimate of drug-likeness (QED) is 0.614. The predicted octanol–water partition coefficient (Wildman–Crippen LogP) is 2.84. The number of hydrogen-bond donors (Lipinski definition) is 0. The van der Waals surface area contributed by atoms with Crippen LogP contribution in [0.2, 0.25) is 0 Å². The minimum absolute atomic E-state index is 0.131. The molecule has 0 saturated carbocycles. The maximum Gasteiger partial charge on any atom is 0.183 e. The Morgan fingerprint density at radius 3 is 2.65 bits per heavy atom. The van der Waals surface area contributed by atoms with Crippen LogP contribution in [-0.2, 0) is 0 Å². The molecule has 0 amide bonds. The van der Waals surface area contributed by atoms with Crippen molar-refractivity contribution in [2.45, 2.75) is 6.92 Å². The van der Waals surface area contributed by atoms with Gasteiger partial charge in [0.25, 0.3) is 0 Å². The van der Waals surface area contributed by atoms with Gasteiger partial charge in [0.05, 0.1) is 10.8 Å². The van der Waals surface area contributed by atoms with E-state index < -0.39 is 5.92 Å². The van der Waals surface area contributed by atoms with E-state index in [2.05, 4.69) is 4.98 Å². The molecule has 0 radical (unpaired) electrons. The number of Topliss-reactive ketones (excluding diaryl/α,β-unsaturated/α-hetero) is 2. The fraction of sp³-hybridized carbons (Fsp3) is 0.154. The van der Waals surface area contributed by atoms with E-state index in [1.807, 2.05) is 5.38 Å². The Balaban J connectivity index is 2.19. The van der Waals surface area contributed by atoms with E-state index >= 15 is 0 Å². The summed E-state index contributed by atoms with van der Waals surface area (Å²) in [6.45, 7) is 1.64. The Morgan fingerprint density at radius 2 is 2.06 bits per heavy atom. The summed E-state index contributed by atoms with van der Waals surface area (Å²) in [5.74, 6) is -0.969. The van der Waals surface area contributed by atoms with Crippen LogP contribution in [0, 0.1) is 5.92 Å². The number of carbonyl (C=O) groups excluding carboxylic acids is 2. The smallest absolute Gasteiger partial charge is 0.183 e. The van der Waals surface area contributed by atoms with Crippen LogP contribution in [0.4, 0.5) is 0 Å². The molecule has 0 saturated heterocycles. The Morgan fingerprint density at radius 1 is 1.24 bits per heavy atom. The summed E-state index contributed by atoms with van der Waals surface area (Å²) in [6.07, 6.45) is 3.09. The third kappa shape index (κ3) is 2.47. The number of pyridine rings is 1. The third-order valence-corrected chi connectivity index (χ3v) is 3.38. The molecule has 2 rings (SSSR count). The Bertz CT molecular complexity index is 520. The van der Waals surface area contributed by atoms with Gasteiger partial charge in [0.1, 0.15) is 0 Å². The topological polar surface area (TPSA) is 47.0 Å². The van der Waals surface area contributed by atoms with Crippen molar-refractivity contribution in [2.75, 3.05) is 0 Å². The molecule has 17 heavy (non-hydrogen) atoms. The second-order valence-electron chi connectivity index (χ2n) is 3.67. The molecule has 2 heterocycles. The zero-order valence-corrected chi connectivity index (χ0v) is 10.1. The average Bonchev–Trinajstić information content (AvgIpc) is 2.91. The number of carbonyl (C=O) groups is 2. The van der Waals surface area contributed by atoms with Crippen LogP contribution in [0.25, 0.3) is 0 Å². The van der Waals surface area contributed by atoms with E-state index in [1.165, 1.54) is 17.5 Å². The Labute approximate surface area is 103 Å². The van der Waals surface area contributed by atoms with Gasteiger partial charge < -0.3 is 0 Å². The average molecular weight is 245 g/mol. The lowest BCUT2D eigenvalue weighted by molar-refractivity contribution is 0.0823. The van der Waals surface area contributed by atoms with Gasteiger partial charge in [-0.2, -0.15) is 0 Å². The number of ketones is 2. The van der Waals surface area contributed by atoms with Gasteiger partial charge in [-0.3, -0.25) is 14.6 Å². The summed E-state index contributed by atoms with van der Waals surface area (Å²) in [5.41, 5.74) is 0.477. The van der Waals surface area contributed by atoms with Gasteiger partial charge in [0, 0.05) is 18.0 Å². The van der Waals surface area contributed by atoms with E-state index in [4.69, 9.17) is 0 Å². The molecule has 2 aromatic rings. The monoisotopic (exact) mass is 245 g/mol. The molecular weight excluding hydrogens is 234 g/mol. The van der Waals surface area contributed by atoms with E-state index in [9.17, 15) is 9.59 Å². The van der Waals surface area contributed by atoms with Crippen LogP contribution < -0.4 is 0 Å². The predicted molar refractivity (Wildman–Crippen MR) is 66.4 cm³/mol. The molecule has 0 N–H and O–H groups in total. The van der Waals surface area contributed by atoms with Crippen molar-refractivity contribution >= 4 is 22.9 Å². The second kappa shape index (κ2) is 5.01. The SMILES string of the molecule is CC(C(=O)c1cccnc1)C(=O)c1cccs1. The first kappa shape index (κ1) is 11.7. The van der Waals surface area contributed by atoms with Crippen molar-refractivity contribution in [3.8, 4) is 0 Å². The largest absolute Gasteiger partial charge is 0.293 e. The summed E-state index contributed by atoms with van der Waals surface area (Å²) in [4.78, 5) is 28.5. The highest BCUT2D eigenvalue weighted by molar-refractivity contribution is 7.12. The number of aromatic nitrogens is 1. The van der Waals surface area contributed by atoms with Gasteiger partial charge in [-0.15, -0.1) is 11.3 Å². The van der Waals surface area contributed by atoms with Gasteiger partial charge in [-0.1, -0.05) is 6.07 Å². The summed E-state index contributed by atoms with van der Waals surface area (Å²) >= 11 is 1.35. The maximum absolute atomic E-state index is 12.0. The zero-order valence-electron chi connectivity index (χ0n) is 9.29. The van der Waals surface area contributed by atoms with Crippen LogP contribution in [0.5, 0.6) is 0 Å². The lowest BCUT2D eigenvalue weighted by Gasteiger charge is -2.07. The molecule has 2 aromatic heterocycles. The first-order chi connectivity index (χ1) is 8.20. The molecule has 86 valence electrons. The molecule has 1 atom stereocenters. The van der Waals surface area contributed by atoms with Crippen molar-refractivity contribution in [2.24, 2.45) is 5.92 Å². The Hall–Kier alpha value is -1.81. The lowest BCUT2D eigenvalue weighted by Crippen LogP contribution is -2.20. The first-order valence-corrected chi connectivity index (χ1v) is 6.10. The number of hydrogen-bond acceptors (Lipinski definition) is 4. The van der Waals surface area contributed by atoms with Gasteiger partial charge in [0.2, 0.25) is 0 Å². The van der Waals surface area contributed by atoms with Crippen molar-refractivity contribution in [1.82, 2.24) is 4.98 Å². The summed E-state index contributed by atoms with van der Waals surface area (Å²) in [5, 5.41) is 1.83. The fourth-order valence-corrected chi connectivity index (χ4v) is 2.26. The normalized spacial score (nSPS) is 12.1. The van der Waals surface area contributed by atoms with E-state index in [0.717, 1.165) is 0 Å². The van der Waals surface area contributed by atoms with E-state index in [0.29, 0.717) is 10.4 Å². The third-order valence-electron chi connectivity index (χ3n) is 2.50. The number of thiophene rings is 1. The minimum atomic E-state index is -0.655. The fourth-order valence-electron chi connectivity index (χ4n) is 1.51. The van der Waals surface area contributed by atoms with Crippen molar-refractivity contribution < 1.29 is 9.59 Å². The van der Waals surface area contributed by atoms with Crippen molar-refractivity contribution in [3.63, 3.8) is 0 Å². The van der Waals surface area contributed by atoms with Gasteiger partial charge in [-0.05, 0) is 30.5 Å². The highest BCUT2D eigenvalue weighted by Crippen LogP contribution is 2.17. The highest BCUT2D eigenvalue weighted by atomic mass is 32.1. The van der Waals surface area contributed by atoms with Gasteiger partial charge in [0.15, 0.2) is 11.6 Å². The summed E-state index contributed by atoms with van der Waals surface area (Å²) in [6, 6.07) is 6.91.